The number of ether oxygens (including phenoxy) is 1. The van der Waals surface area contributed by atoms with E-state index in [1.54, 1.807) is 19.4 Å². The predicted octanol–water partition coefficient (Wildman–Crippen LogP) is 1.81. The van der Waals surface area contributed by atoms with E-state index in [9.17, 15) is 4.79 Å². The smallest absolute Gasteiger partial charge is 0.256 e. The number of fused-ring (bicyclic) bond motifs is 1. The zero-order valence-corrected chi connectivity index (χ0v) is 14.9. The first-order valence-electron chi connectivity index (χ1n) is 9.03. The summed E-state index contributed by atoms with van der Waals surface area (Å²) in [6, 6.07) is 7.75. The van der Waals surface area contributed by atoms with Crippen molar-refractivity contribution in [3.8, 4) is 5.88 Å². The van der Waals surface area contributed by atoms with Crippen LogP contribution in [-0.4, -0.2) is 60.6 Å². The first-order chi connectivity index (χ1) is 12.8. The van der Waals surface area contributed by atoms with Crippen LogP contribution in [0.15, 0.2) is 30.5 Å². The molecule has 2 aromatic rings. The SMILES string of the molecule is COc1ccnc(N2CCN(C(=O)c3cccc4c3NCCC4)CC2)n1. The summed E-state index contributed by atoms with van der Waals surface area (Å²) in [5.41, 5.74) is 3.04. The van der Waals surface area contributed by atoms with Crippen LogP contribution in [-0.2, 0) is 6.42 Å². The second-order valence-corrected chi connectivity index (χ2v) is 6.55. The van der Waals surface area contributed by atoms with Crippen molar-refractivity contribution in [2.75, 3.05) is 50.1 Å². The average Bonchev–Trinajstić information content (AvgIpc) is 2.73. The molecule has 0 saturated carbocycles. The Bertz CT molecular complexity index is 802. The lowest BCUT2D eigenvalue weighted by Crippen LogP contribution is -2.49. The largest absolute Gasteiger partial charge is 0.481 e. The number of amides is 1. The molecule has 1 aromatic heterocycles. The monoisotopic (exact) mass is 353 g/mol. The number of methoxy groups -OCH3 is 1. The van der Waals surface area contributed by atoms with Crippen molar-refractivity contribution in [2.24, 2.45) is 0 Å². The molecule has 0 spiro atoms. The highest BCUT2D eigenvalue weighted by Gasteiger charge is 2.26. The summed E-state index contributed by atoms with van der Waals surface area (Å²) >= 11 is 0. The molecule has 1 saturated heterocycles. The lowest BCUT2D eigenvalue weighted by Gasteiger charge is -2.35. The topological polar surface area (TPSA) is 70.6 Å². The first kappa shape index (κ1) is 16.6. The van der Waals surface area contributed by atoms with Gasteiger partial charge >= 0.3 is 0 Å². The molecule has 1 N–H and O–H groups in total. The zero-order chi connectivity index (χ0) is 17.9. The van der Waals surface area contributed by atoms with Crippen molar-refractivity contribution in [2.45, 2.75) is 12.8 Å². The molecule has 1 fully saturated rings. The molecule has 0 aliphatic carbocycles. The van der Waals surface area contributed by atoms with Gasteiger partial charge in [0.15, 0.2) is 0 Å². The van der Waals surface area contributed by atoms with Crippen LogP contribution in [0.4, 0.5) is 11.6 Å². The minimum atomic E-state index is 0.0995. The second-order valence-electron chi connectivity index (χ2n) is 6.55. The number of nitrogens with zero attached hydrogens (tertiary/aromatic N) is 4. The van der Waals surface area contributed by atoms with Crippen LogP contribution in [0.2, 0.25) is 0 Å². The summed E-state index contributed by atoms with van der Waals surface area (Å²) in [6.07, 6.45) is 3.84. The second kappa shape index (κ2) is 7.19. The van der Waals surface area contributed by atoms with E-state index in [0.29, 0.717) is 38.0 Å². The molecule has 4 rings (SSSR count). The molecule has 2 aliphatic rings. The lowest BCUT2D eigenvalue weighted by molar-refractivity contribution is 0.0747. The summed E-state index contributed by atoms with van der Waals surface area (Å²) in [5.74, 6) is 1.30. The summed E-state index contributed by atoms with van der Waals surface area (Å²) in [7, 11) is 1.59. The molecule has 7 heteroatoms. The minimum absolute atomic E-state index is 0.0995. The van der Waals surface area contributed by atoms with E-state index >= 15 is 0 Å². The number of hydrogen-bond acceptors (Lipinski definition) is 6. The van der Waals surface area contributed by atoms with E-state index in [-0.39, 0.29) is 5.91 Å². The molecule has 3 heterocycles. The van der Waals surface area contributed by atoms with E-state index in [4.69, 9.17) is 4.74 Å². The third-order valence-corrected chi connectivity index (χ3v) is 4.98. The van der Waals surface area contributed by atoms with Gasteiger partial charge in [-0.2, -0.15) is 4.98 Å². The Hall–Kier alpha value is -2.83. The Labute approximate surface area is 153 Å². The molecular weight excluding hydrogens is 330 g/mol. The quantitative estimate of drug-likeness (QED) is 0.907. The highest BCUT2D eigenvalue weighted by Crippen LogP contribution is 2.27. The highest BCUT2D eigenvalue weighted by atomic mass is 16.5. The standard InChI is InChI=1S/C19H23N5O2/c1-26-16-7-9-21-19(22-16)24-12-10-23(11-13-24)18(25)15-6-2-4-14-5-3-8-20-17(14)15/h2,4,6-7,9,20H,3,5,8,10-13H2,1H3. The van der Waals surface area contributed by atoms with Gasteiger partial charge in [-0.3, -0.25) is 4.79 Å². The van der Waals surface area contributed by atoms with Crippen LogP contribution < -0.4 is 15.0 Å². The number of para-hydroxylation sites is 1. The molecule has 0 unspecified atom stereocenters. The molecule has 1 aromatic carbocycles. The Kier molecular flexibility index (Phi) is 4.60. The Balaban J connectivity index is 1.46. The van der Waals surface area contributed by atoms with Crippen LogP contribution in [0.3, 0.4) is 0 Å². The number of carbonyl (C=O) groups excluding carboxylic acids is 1. The van der Waals surface area contributed by atoms with Crippen molar-refractivity contribution in [1.82, 2.24) is 14.9 Å². The average molecular weight is 353 g/mol. The van der Waals surface area contributed by atoms with Gasteiger partial charge in [0.05, 0.1) is 18.4 Å². The summed E-state index contributed by atoms with van der Waals surface area (Å²) in [5, 5.41) is 3.41. The Morgan fingerprint density at radius 3 is 2.85 bits per heavy atom. The molecule has 2 aliphatic heterocycles. The Morgan fingerprint density at radius 2 is 2.04 bits per heavy atom. The van der Waals surface area contributed by atoms with E-state index in [1.165, 1.54) is 5.56 Å². The molecule has 7 nitrogen and oxygen atoms in total. The number of anilines is 2. The molecule has 0 bridgehead atoms. The number of piperazine rings is 1. The van der Waals surface area contributed by atoms with Crippen LogP contribution in [0.5, 0.6) is 5.88 Å². The van der Waals surface area contributed by atoms with E-state index in [1.807, 2.05) is 17.0 Å². The van der Waals surface area contributed by atoms with Gasteiger partial charge in [0.2, 0.25) is 11.8 Å². The van der Waals surface area contributed by atoms with Crippen LogP contribution in [0, 0.1) is 0 Å². The maximum absolute atomic E-state index is 13.0. The number of nitrogens with one attached hydrogen (secondary N) is 1. The van der Waals surface area contributed by atoms with Gasteiger partial charge in [-0.05, 0) is 24.5 Å². The highest BCUT2D eigenvalue weighted by molar-refractivity contribution is 6.00. The molecule has 136 valence electrons. The summed E-state index contributed by atoms with van der Waals surface area (Å²) < 4.78 is 5.17. The van der Waals surface area contributed by atoms with Gasteiger partial charge in [-0.25, -0.2) is 4.98 Å². The van der Waals surface area contributed by atoms with Crippen LogP contribution >= 0.6 is 0 Å². The third-order valence-electron chi connectivity index (χ3n) is 4.98. The van der Waals surface area contributed by atoms with Crippen molar-refractivity contribution in [1.29, 1.82) is 0 Å². The van der Waals surface area contributed by atoms with Gasteiger partial charge in [-0.1, -0.05) is 12.1 Å². The number of carbonyl (C=O) groups is 1. The normalized spacial score (nSPS) is 16.7. The molecule has 1 amide bonds. The predicted molar refractivity (Wildman–Crippen MR) is 100.0 cm³/mol. The molecule has 26 heavy (non-hydrogen) atoms. The summed E-state index contributed by atoms with van der Waals surface area (Å²) in [4.78, 5) is 25.7. The first-order valence-corrected chi connectivity index (χ1v) is 9.03. The number of rotatable bonds is 3. The van der Waals surface area contributed by atoms with Gasteiger partial charge in [0.1, 0.15) is 0 Å². The number of hydrogen-bond donors (Lipinski definition) is 1. The fraction of sp³-hybridized carbons (Fsp3) is 0.421. The van der Waals surface area contributed by atoms with Gasteiger partial charge in [0.25, 0.3) is 5.91 Å². The molecule has 0 atom stereocenters. The van der Waals surface area contributed by atoms with E-state index in [2.05, 4.69) is 26.3 Å². The third kappa shape index (κ3) is 3.16. The maximum Gasteiger partial charge on any atom is 0.256 e. The fourth-order valence-electron chi connectivity index (χ4n) is 3.57. The lowest BCUT2D eigenvalue weighted by atomic mass is 9.98. The van der Waals surface area contributed by atoms with Crippen molar-refractivity contribution in [3.63, 3.8) is 0 Å². The maximum atomic E-state index is 13.0. The number of aromatic nitrogens is 2. The van der Waals surface area contributed by atoms with Crippen LogP contribution in [0.25, 0.3) is 0 Å². The van der Waals surface area contributed by atoms with Gasteiger partial charge in [-0.15, -0.1) is 0 Å². The molecule has 0 radical (unpaired) electrons. The van der Waals surface area contributed by atoms with Gasteiger partial charge < -0.3 is 19.9 Å². The van der Waals surface area contributed by atoms with E-state index < -0.39 is 0 Å². The zero-order valence-electron chi connectivity index (χ0n) is 14.9. The summed E-state index contributed by atoms with van der Waals surface area (Å²) in [6.45, 7) is 3.66. The molecular formula is C19H23N5O2. The minimum Gasteiger partial charge on any atom is -0.481 e. The van der Waals surface area contributed by atoms with Crippen LogP contribution in [0.1, 0.15) is 22.3 Å². The van der Waals surface area contributed by atoms with Crippen molar-refractivity contribution >= 4 is 17.5 Å². The number of benzene rings is 1. The van der Waals surface area contributed by atoms with E-state index in [0.717, 1.165) is 30.6 Å². The fourth-order valence-corrected chi connectivity index (χ4v) is 3.57. The van der Waals surface area contributed by atoms with Gasteiger partial charge in [0, 0.05) is 45.0 Å². The van der Waals surface area contributed by atoms with Crippen molar-refractivity contribution in [3.05, 3.63) is 41.6 Å². The Morgan fingerprint density at radius 1 is 1.19 bits per heavy atom. The van der Waals surface area contributed by atoms with Crippen molar-refractivity contribution < 1.29 is 9.53 Å². The number of aryl methyl sites for hydroxylation is 1.